The normalized spacial score (nSPS) is 15.8. The van der Waals surface area contributed by atoms with E-state index in [4.69, 9.17) is 37.4 Å². The number of hydrogen-bond donors (Lipinski definition) is 2. The fraction of sp³-hybridized carbons (Fsp3) is 0.324. The predicted molar refractivity (Wildman–Crippen MR) is 180 cm³/mol. The Balaban J connectivity index is 1.49. The molecule has 1 fully saturated rings. The molecule has 1 aliphatic heterocycles. The van der Waals surface area contributed by atoms with Crippen LogP contribution < -0.4 is 19.5 Å². The fourth-order valence-corrected chi connectivity index (χ4v) is 7.21. The number of ether oxygens (including phenoxy) is 3. The SMILES string of the molecule is COc1ccc([C@H](Cc2c(Cl)c[n+]([O-])cc2Cl)c2cc(CNC(C(=O)OC[C@@H]3CCN3C)c3ccccc3)sc2C(=O)O)cc1OC. The number of carboxylic acid groups (broad SMARTS) is 1. The molecule has 0 amide bonds. The van der Waals surface area contributed by atoms with Crippen LogP contribution in [0.3, 0.4) is 0 Å². The Hall–Kier alpha value is -3.87. The Kier molecular flexibility index (Phi) is 11.3. The molecule has 3 atom stereocenters. The Morgan fingerprint density at radius 1 is 1.06 bits per heavy atom. The second-order valence-electron chi connectivity index (χ2n) is 11.2. The number of halogens is 2. The Morgan fingerprint density at radius 3 is 2.36 bits per heavy atom. The summed E-state index contributed by atoms with van der Waals surface area (Å²) in [7, 11) is 5.05. The molecule has 248 valence electrons. The number of carbonyl (C=O) groups is 2. The van der Waals surface area contributed by atoms with Crippen LogP contribution in [0.1, 0.15) is 55.2 Å². The summed E-state index contributed by atoms with van der Waals surface area (Å²) in [4.78, 5) is 29.0. The highest BCUT2D eigenvalue weighted by Crippen LogP contribution is 2.41. The second kappa shape index (κ2) is 15.4. The molecule has 0 saturated carbocycles. The van der Waals surface area contributed by atoms with Crippen molar-refractivity contribution in [2.75, 3.05) is 34.4 Å². The molecule has 2 aromatic carbocycles. The maximum atomic E-state index is 13.3. The standard InChI is InChI=1S/C34H35Cl2N3O7S/c1-38-12-11-22(38)19-46-34(42)31(20-7-5-4-6-8-20)37-16-23-14-25(32(47-23)33(40)41)24(15-26-27(35)17-39(43)18-28(26)36)21-9-10-29(44-2)30(13-21)45-3/h4-10,13-14,17-18,22,24,31,37H,11-12,15-16,19H2,1-3H3,(H,40,41)/t22-,24-,31?/m0/s1. The number of esters is 1. The summed E-state index contributed by atoms with van der Waals surface area (Å²) in [5.41, 5.74) is 2.47. The van der Waals surface area contributed by atoms with Gasteiger partial charge >= 0.3 is 11.9 Å². The van der Waals surface area contributed by atoms with Crippen molar-refractivity contribution < 1.29 is 33.6 Å². The summed E-state index contributed by atoms with van der Waals surface area (Å²) in [5.74, 6) is -1.09. The van der Waals surface area contributed by atoms with E-state index in [1.165, 1.54) is 26.6 Å². The Bertz CT molecular complexity index is 1710. The number of benzene rings is 2. The molecule has 3 heterocycles. The summed E-state index contributed by atoms with van der Waals surface area (Å²) in [5, 5.41) is 25.9. The highest BCUT2D eigenvalue weighted by atomic mass is 35.5. The van der Waals surface area contributed by atoms with Gasteiger partial charge in [-0.1, -0.05) is 59.6 Å². The zero-order valence-electron chi connectivity index (χ0n) is 26.1. The van der Waals surface area contributed by atoms with Crippen LogP contribution in [0.15, 0.2) is 67.0 Å². The van der Waals surface area contributed by atoms with Crippen LogP contribution in [0.25, 0.3) is 0 Å². The molecule has 0 spiro atoms. The van der Waals surface area contributed by atoms with Gasteiger partial charge in [-0.2, -0.15) is 4.73 Å². The number of aromatic nitrogens is 1. The lowest BCUT2D eigenvalue weighted by atomic mass is 9.85. The summed E-state index contributed by atoms with van der Waals surface area (Å²) in [6.07, 6.45) is 3.58. The third kappa shape index (κ3) is 7.99. The summed E-state index contributed by atoms with van der Waals surface area (Å²) in [6, 6.07) is 15.9. The number of hydrogen-bond acceptors (Lipinski definition) is 9. The van der Waals surface area contributed by atoms with Gasteiger partial charge in [-0.05, 0) is 61.3 Å². The van der Waals surface area contributed by atoms with Crippen LogP contribution in [-0.4, -0.2) is 62.4 Å². The number of carbonyl (C=O) groups excluding carboxylic acids is 1. The summed E-state index contributed by atoms with van der Waals surface area (Å²) in [6.45, 7) is 1.47. The van der Waals surface area contributed by atoms with Crippen molar-refractivity contribution in [1.29, 1.82) is 0 Å². The van der Waals surface area contributed by atoms with Gasteiger partial charge < -0.3 is 24.5 Å². The Labute approximate surface area is 287 Å². The van der Waals surface area contributed by atoms with E-state index in [1.54, 1.807) is 12.1 Å². The number of nitrogens with zero attached hydrogens (tertiary/aromatic N) is 2. The van der Waals surface area contributed by atoms with E-state index in [-0.39, 0.29) is 33.9 Å². The minimum atomic E-state index is -1.10. The van der Waals surface area contributed by atoms with Gasteiger partial charge in [-0.15, -0.1) is 11.3 Å². The van der Waals surface area contributed by atoms with Crippen molar-refractivity contribution in [1.82, 2.24) is 10.2 Å². The number of likely N-dealkylation sites (N-methyl/N-ethyl adjacent to an activating group) is 1. The zero-order chi connectivity index (χ0) is 33.7. The fourth-order valence-electron chi connectivity index (χ4n) is 5.61. The molecule has 1 saturated heterocycles. The average Bonchev–Trinajstić information content (AvgIpc) is 3.48. The van der Waals surface area contributed by atoms with Gasteiger partial charge in [0.05, 0.1) is 14.2 Å². The minimum absolute atomic E-state index is 0.121. The number of nitrogens with one attached hydrogen (secondary N) is 1. The van der Waals surface area contributed by atoms with Gasteiger partial charge in [0.1, 0.15) is 27.6 Å². The largest absolute Gasteiger partial charge is 0.619 e. The predicted octanol–water partition coefficient (Wildman–Crippen LogP) is 5.86. The summed E-state index contributed by atoms with van der Waals surface area (Å²) >= 11 is 14.1. The highest BCUT2D eigenvalue weighted by molar-refractivity contribution is 7.14. The molecule has 2 N–H and O–H groups in total. The van der Waals surface area contributed by atoms with Crippen LogP contribution in [0, 0.1) is 5.21 Å². The third-order valence-electron chi connectivity index (χ3n) is 8.36. The maximum Gasteiger partial charge on any atom is 0.346 e. The number of carboxylic acids is 1. The van der Waals surface area contributed by atoms with Crippen molar-refractivity contribution in [2.45, 2.75) is 37.4 Å². The number of rotatable bonds is 14. The molecule has 0 aliphatic carbocycles. The lowest BCUT2D eigenvalue weighted by Gasteiger charge is -2.37. The van der Waals surface area contributed by atoms with E-state index in [1.807, 2.05) is 49.5 Å². The lowest BCUT2D eigenvalue weighted by molar-refractivity contribution is -0.605. The first-order valence-corrected chi connectivity index (χ1v) is 16.5. The topological polar surface area (TPSA) is 124 Å². The molecule has 4 aromatic rings. The van der Waals surface area contributed by atoms with E-state index < -0.39 is 23.9 Å². The van der Waals surface area contributed by atoms with Crippen LogP contribution >= 0.6 is 34.5 Å². The van der Waals surface area contributed by atoms with Crippen LogP contribution in [0.4, 0.5) is 0 Å². The molecular formula is C34H35Cl2N3O7S. The molecule has 47 heavy (non-hydrogen) atoms. The van der Waals surface area contributed by atoms with Gasteiger partial charge in [0, 0.05) is 28.9 Å². The van der Waals surface area contributed by atoms with E-state index >= 15 is 0 Å². The van der Waals surface area contributed by atoms with E-state index in [0.29, 0.717) is 38.8 Å². The third-order valence-corrected chi connectivity index (χ3v) is 10.2. The molecule has 1 aliphatic rings. The van der Waals surface area contributed by atoms with E-state index in [0.717, 1.165) is 35.4 Å². The molecular weight excluding hydrogens is 665 g/mol. The van der Waals surface area contributed by atoms with Crippen LogP contribution in [0.2, 0.25) is 10.0 Å². The molecule has 2 aromatic heterocycles. The minimum Gasteiger partial charge on any atom is -0.619 e. The van der Waals surface area contributed by atoms with Gasteiger partial charge in [0.2, 0.25) is 0 Å². The molecule has 1 unspecified atom stereocenters. The molecule has 5 rings (SSSR count). The number of aromatic carboxylic acids is 1. The highest BCUT2D eigenvalue weighted by Gasteiger charge is 2.30. The number of methoxy groups -OCH3 is 2. The Morgan fingerprint density at radius 2 is 1.77 bits per heavy atom. The van der Waals surface area contributed by atoms with Gasteiger partial charge in [0.15, 0.2) is 23.9 Å². The van der Waals surface area contributed by atoms with Crippen molar-refractivity contribution in [3.63, 3.8) is 0 Å². The first-order chi connectivity index (χ1) is 22.6. The van der Waals surface area contributed by atoms with Crippen molar-refractivity contribution >= 4 is 46.5 Å². The molecule has 0 radical (unpaired) electrons. The smallest absolute Gasteiger partial charge is 0.346 e. The molecule has 10 nitrogen and oxygen atoms in total. The number of pyridine rings is 1. The van der Waals surface area contributed by atoms with Crippen molar-refractivity contribution in [2.24, 2.45) is 0 Å². The maximum absolute atomic E-state index is 13.3. The first-order valence-electron chi connectivity index (χ1n) is 14.9. The monoisotopic (exact) mass is 699 g/mol. The first kappa shape index (κ1) is 34.5. The van der Waals surface area contributed by atoms with E-state index in [2.05, 4.69) is 10.2 Å². The number of likely N-dealkylation sites (tertiary alicyclic amines) is 1. The second-order valence-corrected chi connectivity index (χ2v) is 13.2. The van der Waals surface area contributed by atoms with Crippen molar-refractivity contribution in [3.8, 4) is 11.5 Å². The van der Waals surface area contributed by atoms with Crippen molar-refractivity contribution in [3.05, 3.63) is 114 Å². The molecule has 0 bridgehead atoms. The van der Waals surface area contributed by atoms with E-state index in [9.17, 15) is 19.9 Å². The quantitative estimate of drug-likeness (QED) is 0.0947. The van der Waals surface area contributed by atoms with Gasteiger partial charge in [-0.25, -0.2) is 9.59 Å². The van der Waals surface area contributed by atoms with Gasteiger partial charge in [0.25, 0.3) is 0 Å². The molecule has 13 heteroatoms. The lowest BCUT2D eigenvalue weighted by Crippen LogP contribution is -2.48. The van der Waals surface area contributed by atoms with Crippen LogP contribution in [-0.2, 0) is 22.5 Å². The van der Waals surface area contributed by atoms with Gasteiger partial charge in [-0.3, -0.25) is 10.2 Å². The number of thiophene rings is 1. The van der Waals surface area contributed by atoms with Crippen LogP contribution in [0.5, 0.6) is 11.5 Å². The average molecular weight is 701 g/mol. The summed E-state index contributed by atoms with van der Waals surface area (Å²) < 4.78 is 17.2. The zero-order valence-corrected chi connectivity index (χ0v) is 28.4.